The number of benzene rings is 1. The van der Waals surface area contributed by atoms with E-state index in [9.17, 15) is 29.4 Å². The van der Waals surface area contributed by atoms with E-state index in [0.717, 1.165) is 5.56 Å². The van der Waals surface area contributed by atoms with Crippen LogP contribution in [0, 0.1) is 5.92 Å². The number of carbonyl (C=O) groups is 4. The largest absolute Gasteiger partial charge is 0.508 e. The molecule has 0 radical (unpaired) electrons. The van der Waals surface area contributed by atoms with Gasteiger partial charge in [0.15, 0.2) is 0 Å². The quantitative estimate of drug-likeness (QED) is 0.194. The summed E-state index contributed by atoms with van der Waals surface area (Å²) in [7, 11) is 0. The van der Waals surface area contributed by atoms with Gasteiger partial charge in [0.1, 0.15) is 17.8 Å². The predicted molar refractivity (Wildman–Crippen MR) is 126 cm³/mol. The van der Waals surface area contributed by atoms with Gasteiger partial charge in [0, 0.05) is 18.3 Å². The van der Waals surface area contributed by atoms with Gasteiger partial charge in [-0.05, 0) is 30.0 Å². The van der Waals surface area contributed by atoms with Crippen LogP contribution in [0.4, 0.5) is 0 Å². The van der Waals surface area contributed by atoms with Crippen LogP contribution in [0.25, 0.3) is 0 Å². The minimum Gasteiger partial charge on any atom is -0.508 e. The Kier molecular flexibility index (Phi) is 10.2. The van der Waals surface area contributed by atoms with Crippen molar-refractivity contribution in [3.05, 3.63) is 48.0 Å². The minimum atomic E-state index is -1.22. The summed E-state index contributed by atoms with van der Waals surface area (Å²) in [5.74, 6) is -3.24. The first kappa shape index (κ1) is 27.3. The van der Waals surface area contributed by atoms with Gasteiger partial charge in [0.05, 0.1) is 18.9 Å². The number of rotatable bonds is 13. The lowest BCUT2D eigenvalue weighted by atomic mass is 9.97. The van der Waals surface area contributed by atoms with E-state index in [0.29, 0.717) is 12.1 Å². The van der Waals surface area contributed by atoms with Crippen LogP contribution in [0.2, 0.25) is 0 Å². The number of aromatic amines is 1. The molecule has 1 aromatic carbocycles. The minimum absolute atomic E-state index is 0.00276. The molecule has 12 heteroatoms. The Morgan fingerprint density at radius 2 is 1.77 bits per heavy atom. The molecular weight excluding hydrogens is 456 g/mol. The summed E-state index contributed by atoms with van der Waals surface area (Å²) in [4.78, 5) is 55.9. The number of hydrogen-bond donors (Lipinski definition) is 7. The van der Waals surface area contributed by atoms with E-state index in [1.54, 1.807) is 19.1 Å². The summed E-state index contributed by atoms with van der Waals surface area (Å²) in [6.45, 7) is 3.18. The second-order valence-corrected chi connectivity index (χ2v) is 8.31. The predicted octanol–water partition coefficient (Wildman–Crippen LogP) is -0.556. The Morgan fingerprint density at radius 1 is 1.09 bits per heavy atom. The van der Waals surface area contributed by atoms with E-state index in [2.05, 4.69) is 25.9 Å². The van der Waals surface area contributed by atoms with Gasteiger partial charge in [0.25, 0.3) is 0 Å². The molecule has 4 unspecified atom stereocenters. The van der Waals surface area contributed by atoms with E-state index >= 15 is 0 Å². The number of nitrogens with zero attached hydrogens (tertiary/aromatic N) is 1. The van der Waals surface area contributed by atoms with E-state index < -0.39 is 48.4 Å². The molecule has 190 valence electrons. The lowest BCUT2D eigenvalue weighted by molar-refractivity contribution is -0.142. The Balaban J connectivity index is 1.92. The normalized spacial score (nSPS) is 14.3. The van der Waals surface area contributed by atoms with Crippen molar-refractivity contribution in [3.63, 3.8) is 0 Å². The first-order chi connectivity index (χ1) is 16.6. The average Bonchev–Trinajstić information content (AvgIpc) is 3.34. The second-order valence-electron chi connectivity index (χ2n) is 8.31. The molecule has 0 fully saturated rings. The molecule has 8 N–H and O–H groups in total. The van der Waals surface area contributed by atoms with Crippen LogP contribution in [0.15, 0.2) is 36.8 Å². The van der Waals surface area contributed by atoms with E-state index in [1.807, 2.05) is 6.92 Å². The van der Waals surface area contributed by atoms with Gasteiger partial charge in [0.2, 0.25) is 17.7 Å². The molecular formula is C23H32N6O6. The third kappa shape index (κ3) is 8.74. The molecule has 0 saturated carbocycles. The highest BCUT2D eigenvalue weighted by molar-refractivity contribution is 5.92. The number of hydrogen-bond acceptors (Lipinski definition) is 7. The van der Waals surface area contributed by atoms with Crippen LogP contribution in [-0.4, -0.2) is 68.5 Å². The van der Waals surface area contributed by atoms with Crippen molar-refractivity contribution in [2.24, 2.45) is 11.7 Å². The molecule has 0 aliphatic heterocycles. The molecule has 12 nitrogen and oxygen atoms in total. The van der Waals surface area contributed by atoms with Gasteiger partial charge in [-0.15, -0.1) is 0 Å². The molecule has 2 aromatic rings. The first-order valence-electron chi connectivity index (χ1n) is 11.2. The van der Waals surface area contributed by atoms with Gasteiger partial charge in [-0.25, -0.2) is 9.78 Å². The topological polar surface area (TPSA) is 200 Å². The van der Waals surface area contributed by atoms with Crippen molar-refractivity contribution >= 4 is 23.7 Å². The Morgan fingerprint density at radius 3 is 2.34 bits per heavy atom. The molecule has 1 aromatic heterocycles. The number of nitrogens with two attached hydrogens (primary N) is 1. The number of H-pyrrole nitrogens is 1. The molecule has 0 spiro atoms. The summed E-state index contributed by atoms with van der Waals surface area (Å²) in [6.07, 6.45) is 3.62. The monoisotopic (exact) mass is 488 g/mol. The zero-order valence-electron chi connectivity index (χ0n) is 19.7. The van der Waals surface area contributed by atoms with E-state index in [1.165, 1.54) is 24.7 Å². The van der Waals surface area contributed by atoms with Gasteiger partial charge in [-0.1, -0.05) is 32.4 Å². The SMILES string of the molecule is CCC(C)C(NC(=O)CNC(=O)C(N)Cc1ccc(O)cc1)C(=O)NC(Cc1cnc[nH]1)C(=O)O. The fourth-order valence-electron chi connectivity index (χ4n) is 3.28. The standard InChI is InChI=1S/C23H32N6O6/c1-3-13(2)20(22(33)28-18(23(34)35)9-15-10-25-12-27-15)29-19(31)11-26-21(32)17(24)8-14-4-6-16(30)7-5-14/h4-7,10,12-13,17-18,20,30H,3,8-9,11,24H2,1-2H3,(H,25,27)(H,26,32)(H,28,33)(H,29,31)(H,34,35). The van der Waals surface area contributed by atoms with Crippen molar-refractivity contribution in [2.45, 2.75) is 51.2 Å². The molecule has 0 aliphatic rings. The highest BCUT2D eigenvalue weighted by Crippen LogP contribution is 2.11. The zero-order chi connectivity index (χ0) is 26.0. The van der Waals surface area contributed by atoms with Crippen LogP contribution in [0.3, 0.4) is 0 Å². The number of aromatic hydroxyl groups is 1. The van der Waals surface area contributed by atoms with Crippen LogP contribution in [0.5, 0.6) is 5.75 Å². The van der Waals surface area contributed by atoms with Crippen LogP contribution < -0.4 is 21.7 Å². The number of nitrogens with one attached hydrogen (secondary N) is 4. The average molecular weight is 489 g/mol. The third-order valence-corrected chi connectivity index (χ3v) is 5.56. The van der Waals surface area contributed by atoms with Gasteiger partial charge < -0.3 is 36.9 Å². The molecule has 3 amide bonds. The smallest absolute Gasteiger partial charge is 0.326 e. The first-order valence-corrected chi connectivity index (χ1v) is 11.2. The van der Waals surface area contributed by atoms with E-state index in [4.69, 9.17) is 5.73 Å². The van der Waals surface area contributed by atoms with Gasteiger partial charge in [-0.2, -0.15) is 0 Å². The summed E-state index contributed by atoms with van der Waals surface area (Å²) in [5.41, 5.74) is 7.18. The molecule has 2 rings (SSSR count). The molecule has 0 saturated heterocycles. The lowest BCUT2D eigenvalue weighted by Gasteiger charge is -2.25. The number of aliphatic carboxylic acids is 1. The number of amides is 3. The van der Waals surface area contributed by atoms with Crippen LogP contribution >= 0.6 is 0 Å². The lowest BCUT2D eigenvalue weighted by Crippen LogP contribution is -2.56. The number of imidazole rings is 1. The Bertz CT molecular complexity index is 994. The fourth-order valence-corrected chi connectivity index (χ4v) is 3.28. The zero-order valence-corrected chi connectivity index (χ0v) is 19.7. The summed E-state index contributed by atoms with van der Waals surface area (Å²) < 4.78 is 0. The maximum absolute atomic E-state index is 12.9. The van der Waals surface area contributed by atoms with Crippen molar-refractivity contribution in [2.75, 3.05) is 6.54 Å². The van der Waals surface area contributed by atoms with E-state index in [-0.39, 0.29) is 24.5 Å². The third-order valence-electron chi connectivity index (χ3n) is 5.56. The fraction of sp³-hybridized carbons (Fsp3) is 0.435. The summed E-state index contributed by atoms with van der Waals surface area (Å²) in [5, 5.41) is 26.3. The molecule has 0 bridgehead atoms. The maximum Gasteiger partial charge on any atom is 0.326 e. The number of carboxylic acid groups (broad SMARTS) is 1. The summed E-state index contributed by atoms with van der Waals surface area (Å²) >= 11 is 0. The highest BCUT2D eigenvalue weighted by Gasteiger charge is 2.30. The molecule has 0 aliphatic carbocycles. The maximum atomic E-state index is 12.9. The van der Waals surface area contributed by atoms with Crippen LogP contribution in [0.1, 0.15) is 31.5 Å². The molecule has 4 atom stereocenters. The van der Waals surface area contributed by atoms with Crippen molar-refractivity contribution in [3.8, 4) is 5.75 Å². The molecule has 1 heterocycles. The number of carbonyl (C=O) groups excluding carboxylic acids is 3. The number of aromatic nitrogens is 2. The number of carboxylic acids is 1. The molecule has 35 heavy (non-hydrogen) atoms. The second kappa shape index (κ2) is 13.1. The van der Waals surface area contributed by atoms with Gasteiger partial charge in [-0.3, -0.25) is 14.4 Å². The number of phenolic OH excluding ortho intramolecular Hbond substituents is 1. The Labute approximate surface area is 202 Å². The Hall–Kier alpha value is -3.93. The van der Waals surface area contributed by atoms with Crippen molar-refractivity contribution in [1.82, 2.24) is 25.9 Å². The number of phenols is 1. The van der Waals surface area contributed by atoms with Gasteiger partial charge >= 0.3 is 5.97 Å². The summed E-state index contributed by atoms with van der Waals surface area (Å²) in [6, 6.07) is 3.11. The van der Waals surface area contributed by atoms with Crippen LogP contribution in [-0.2, 0) is 32.0 Å². The van der Waals surface area contributed by atoms with Crippen molar-refractivity contribution in [1.29, 1.82) is 0 Å². The van der Waals surface area contributed by atoms with Crippen molar-refractivity contribution < 1.29 is 29.4 Å². The highest BCUT2D eigenvalue weighted by atomic mass is 16.4.